The van der Waals surface area contributed by atoms with Gasteiger partial charge in [-0.2, -0.15) is 0 Å². The van der Waals surface area contributed by atoms with E-state index in [9.17, 15) is 13.6 Å². The second-order valence-electron chi connectivity index (χ2n) is 4.96. The minimum atomic E-state index is -0.673. The van der Waals surface area contributed by atoms with E-state index >= 15 is 0 Å². The third kappa shape index (κ3) is 5.57. The molecule has 0 fully saturated rings. The average Bonchev–Trinajstić information content (AvgIpc) is 2.35. The molecule has 0 atom stereocenters. The summed E-state index contributed by atoms with van der Waals surface area (Å²) in [6.45, 7) is 3.95. The molecule has 0 aliphatic carbocycles. The van der Waals surface area contributed by atoms with Crippen LogP contribution in [0.4, 0.5) is 8.78 Å². The van der Waals surface area contributed by atoms with Gasteiger partial charge < -0.3 is 10.4 Å². The smallest absolute Gasteiger partial charge is 0.230 e. The van der Waals surface area contributed by atoms with Gasteiger partial charge in [0.15, 0.2) is 0 Å². The highest BCUT2D eigenvalue weighted by molar-refractivity contribution is 8.00. The van der Waals surface area contributed by atoms with Crippen molar-refractivity contribution in [3.63, 3.8) is 0 Å². The van der Waals surface area contributed by atoms with E-state index < -0.39 is 11.6 Å². The number of hydrogen-bond donors (Lipinski definition) is 2. The quantitative estimate of drug-likeness (QED) is 0.789. The van der Waals surface area contributed by atoms with Crippen molar-refractivity contribution in [3.05, 3.63) is 29.8 Å². The van der Waals surface area contributed by atoms with Crippen LogP contribution in [0.3, 0.4) is 0 Å². The molecule has 0 aliphatic rings. The maximum absolute atomic E-state index is 13.3. The minimum Gasteiger partial charge on any atom is -0.396 e. The first-order chi connectivity index (χ1) is 8.84. The standard InChI is InChI=1S/C13H17F2NO2S/c1-13(2,8-17)7-16-12(18)6-19-11-4-3-9(14)5-10(11)15/h3-5,17H,6-8H2,1-2H3,(H,16,18). The van der Waals surface area contributed by atoms with Crippen LogP contribution in [0.15, 0.2) is 23.1 Å². The van der Waals surface area contributed by atoms with Gasteiger partial charge in [-0.05, 0) is 12.1 Å². The highest BCUT2D eigenvalue weighted by atomic mass is 32.2. The number of rotatable bonds is 6. The number of thioether (sulfide) groups is 1. The van der Waals surface area contributed by atoms with Crippen molar-refractivity contribution < 1.29 is 18.7 Å². The molecule has 19 heavy (non-hydrogen) atoms. The molecule has 0 heterocycles. The fraction of sp³-hybridized carbons (Fsp3) is 0.462. The molecule has 0 aromatic heterocycles. The molecule has 0 saturated heterocycles. The summed E-state index contributed by atoms with van der Waals surface area (Å²) in [7, 11) is 0. The molecule has 1 aromatic rings. The molecule has 0 spiro atoms. The number of carbonyl (C=O) groups is 1. The number of benzene rings is 1. The molecule has 3 nitrogen and oxygen atoms in total. The van der Waals surface area contributed by atoms with Crippen LogP contribution in [-0.4, -0.2) is 29.9 Å². The molecule has 0 unspecified atom stereocenters. The van der Waals surface area contributed by atoms with E-state index in [-0.39, 0.29) is 28.6 Å². The van der Waals surface area contributed by atoms with Gasteiger partial charge in [-0.1, -0.05) is 13.8 Å². The lowest BCUT2D eigenvalue weighted by Crippen LogP contribution is -2.36. The van der Waals surface area contributed by atoms with Gasteiger partial charge in [0.05, 0.1) is 5.75 Å². The normalized spacial score (nSPS) is 11.4. The molecule has 1 amide bonds. The van der Waals surface area contributed by atoms with E-state index in [1.807, 2.05) is 13.8 Å². The van der Waals surface area contributed by atoms with Gasteiger partial charge in [0.25, 0.3) is 0 Å². The molecule has 1 rings (SSSR count). The maximum atomic E-state index is 13.3. The number of aliphatic hydroxyl groups is 1. The summed E-state index contributed by atoms with van der Waals surface area (Å²) in [5.41, 5.74) is -0.387. The Labute approximate surface area is 115 Å². The summed E-state index contributed by atoms with van der Waals surface area (Å²) in [5.74, 6) is -1.52. The predicted molar refractivity (Wildman–Crippen MR) is 71.0 cm³/mol. The highest BCUT2D eigenvalue weighted by Crippen LogP contribution is 2.22. The lowest BCUT2D eigenvalue weighted by Gasteiger charge is -2.21. The molecular weight excluding hydrogens is 272 g/mol. The fourth-order valence-corrected chi connectivity index (χ4v) is 1.93. The van der Waals surface area contributed by atoms with E-state index in [1.54, 1.807) is 0 Å². The van der Waals surface area contributed by atoms with Gasteiger partial charge in [0.1, 0.15) is 11.6 Å². The van der Waals surface area contributed by atoms with Crippen LogP contribution in [0.5, 0.6) is 0 Å². The van der Waals surface area contributed by atoms with Crippen LogP contribution in [0.25, 0.3) is 0 Å². The molecule has 106 valence electrons. The zero-order valence-corrected chi connectivity index (χ0v) is 11.7. The number of halogens is 2. The van der Waals surface area contributed by atoms with Crippen molar-refractivity contribution in [2.75, 3.05) is 18.9 Å². The van der Waals surface area contributed by atoms with Crippen LogP contribution in [0.1, 0.15) is 13.8 Å². The minimum absolute atomic E-state index is 0.0347. The molecular formula is C13H17F2NO2S. The Bertz CT molecular complexity index is 452. The van der Waals surface area contributed by atoms with E-state index in [0.717, 1.165) is 23.9 Å². The lowest BCUT2D eigenvalue weighted by molar-refractivity contribution is -0.119. The zero-order chi connectivity index (χ0) is 14.5. The summed E-state index contributed by atoms with van der Waals surface area (Å²) < 4.78 is 26.0. The van der Waals surface area contributed by atoms with E-state index in [2.05, 4.69) is 5.32 Å². The van der Waals surface area contributed by atoms with Gasteiger partial charge in [0.2, 0.25) is 5.91 Å². The van der Waals surface area contributed by atoms with Gasteiger partial charge in [-0.25, -0.2) is 8.78 Å². The Morgan fingerprint density at radius 1 is 1.42 bits per heavy atom. The first-order valence-electron chi connectivity index (χ1n) is 5.79. The van der Waals surface area contributed by atoms with Gasteiger partial charge in [0, 0.05) is 29.5 Å². The summed E-state index contributed by atoms with van der Waals surface area (Å²) in [4.78, 5) is 11.8. The number of aliphatic hydroxyl groups excluding tert-OH is 1. The van der Waals surface area contributed by atoms with Crippen molar-refractivity contribution in [2.24, 2.45) is 5.41 Å². The Morgan fingerprint density at radius 3 is 2.68 bits per heavy atom. The molecule has 0 saturated carbocycles. The summed E-state index contributed by atoms with van der Waals surface area (Å²) in [5, 5.41) is 11.7. The Balaban J connectivity index is 2.42. The second kappa shape index (κ2) is 6.86. The van der Waals surface area contributed by atoms with Crippen LogP contribution >= 0.6 is 11.8 Å². The largest absolute Gasteiger partial charge is 0.396 e. The Morgan fingerprint density at radius 2 is 2.11 bits per heavy atom. The Hall–Kier alpha value is -1.14. The van der Waals surface area contributed by atoms with Crippen LogP contribution in [0, 0.1) is 17.0 Å². The maximum Gasteiger partial charge on any atom is 0.230 e. The third-order valence-electron chi connectivity index (χ3n) is 2.44. The second-order valence-corrected chi connectivity index (χ2v) is 5.98. The third-order valence-corrected chi connectivity index (χ3v) is 3.49. The molecule has 0 aliphatic heterocycles. The first kappa shape index (κ1) is 15.9. The van der Waals surface area contributed by atoms with Gasteiger partial charge >= 0.3 is 0 Å². The zero-order valence-electron chi connectivity index (χ0n) is 10.9. The topological polar surface area (TPSA) is 49.3 Å². The van der Waals surface area contributed by atoms with Gasteiger partial charge in [-0.15, -0.1) is 11.8 Å². The van der Waals surface area contributed by atoms with Crippen LogP contribution in [0.2, 0.25) is 0 Å². The predicted octanol–water partition coefficient (Wildman–Crippen LogP) is 2.19. The van der Waals surface area contributed by atoms with E-state index in [0.29, 0.717) is 6.54 Å². The van der Waals surface area contributed by atoms with Crippen molar-refractivity contribution in [2.45, 2.75) is 18.7 Å². The van der Waals surface area contributed by atoms with E-state index in [1.165, 1.54) is 6.07 Å². The molecule has 1 aromatic carbocycles. The summed E-state index contributed by atoms with van der Waals surface area (Å²) >= 11 is 1.01. The summed E-state index contributed by atoms with van der Waals surface area (Å²) in [6.07, 6.45) is 0. The number of hydrogen-bond acceptors (Lipinski definition) is 3. The van der Waals surface area contributed by atoms with Crippen LogP contribution < -0.4 is 5.32 Å². The van der Waals surface area contributed by atoms with Crippen molar-refractivity contribution in [1.29, 1.82) is 0 Å². The monoisotopic (exact) mass is 289 g/mol. The van der Waals surface area contributed by atoms with Gasteiger partial charge in [-0.3, -0.25) is 4.79 Å². The Kier molecular flexibility index (Phi) is 5.75. The van der Waals surface area contributed by atoms with Crippen molar-refractivity contribution in [1.82, 2.24) is 5.32 Å². The fourth-order valence-electron chi connectivity index (χ4n) is 1.18. The lowest BCUT2D eigenvalue weighted by atomic mass is 9.95. The first-order valence-corrected chi connectivity index (χ1v) is 6.78. The molecule has 0 bridgehead atoms. The highest BCUT2D eigenvalue weighted by Gasteiger charge is 2.17. The SMILES string of the molecule is CC(C)(CO)CNC(=O)CSc1ccc(F)cc1F. The van der Waals surface area contributed by atoms with Crippen molar-refractivity contribution >= 4 is 17.7 Å². The molecule has 6 heteroatoms. The van der Waals surface area contributed by atoms with E-state index in [4.69, 9.17) is 5.11 Å². The van der Waals surface area contributed by atoms with Crippen molar-refractivity contribution in [3.8, 4) is 0 Å². The average molecular weight is 289 g/mol. The molecule has 0 radical (unpaired) electrons. The summed E-state index contributed by atoms with van der Waals surface area (Å²) in [6, 6.07) is 3.24. The number of carbonyl (C=O) groups excluding carboxylic acids is 1. The molecule has 2 N–H and O–H groups in total. The van der Waals surface area contributed by atoms with Crippen LogP contribution in [-0.2, 0) is 4.79 Å². The number of nitrogens with one attached hydrogen (secondary N) is 1. The number of amides is 1.